The Labute approximate surface area is 158 Å². The average molecular weight is 371 g/mol. The molecule has 2 aliphatic rings. The van der Waals surface area contributed by atoms with Crippen LogP contribution in [0.4, 0.5) is 0 Å². The number of aromatic nitrogens is 2. The Hall–Kier alpha value is -2.41. The lowest BCUT2D eigenvalue weighted by molar-refractivity contribution is 0.0507. The van der Waals surface area contributed by atoms with Crippen LogP contribution in [0.2, 0.25) is 0 Å². The van der Waals surface area contributed by atoms with Gasteiger partial charge in [0.1, 0.15) is 12.4 Å². The zero-order valence-electron chi connectivity index (χ0n) is 15.6. The van der Waals surface area contributed by atoms with Gasteiger partial charge in [0.15, 0.2) is 11.5 Å². The molecule has 1 saturated carbocycles. The molecule has 0 aromatic carbocycles. The van der Waals surface area contributed by atoms with Crippen LogP contribution in [0, 0.1) is 12.8 Å². The van der Waals surface area contributed by atoms with E-state index >= 15 is 0 Å². The van der Waals surface area contributed by atoms with Crippen molar-refractivity contribution >= 4 is 5.91 Å². The van der Waals surface area contributed by atoms with Crippen LogP contribution in [0.3, 0.4) is 0 Å². The first kappa shape index (κ1) is 18.0. The van der Waals surface area contributed by atoms with Crippen LogP contribution in [0.5, 0.6) is 5.75 Å². The van der Waals surface area contributed by atoms with Crippen molar-refractivity contribution in [1.29, 1.82) is 0 Å². The molecular weight excluding hydrogens is 346 g/mol. The minimum Gasteiger partial charge on any atom is -0.484 e. The molecule has 0 spiro atoms. The lowest BCUT2D eigenvalue weighted by atomic mass is 10.2. The smallest absolute Gasteiger partial charge is 0.276 e. The van der Waals surface area contributed by atoms with Gasteiger partial charge in [-0.3, -0.25) is 9.78 Å². The van der Waals surface area contributed by atoms with Crippen LogP contribution in [-0.2, 0) is 11.3 Å². The highest BCUT2D eigenvalue weighted by atomic mass is 16.5. The van der Waals surface area contributed by atoms with Gasteiger partial charge >= 0.3 is 0 Å². The van der Waals surface area contributed by atoms with Crippen LogP contribution in [-0.4, -0.2) is 46.7 Å². The van der Waals surface area contributed by atoms with Crippen molar-refractivity contribution in [1.82, 2.24) is 15.0 Å². The quantitative estimate of drug-likeness (QED) is 0.710. The molecule has 144 valence electrons. The summed E-state index contributed by atoms with van der Waals surface area (Å²) in [5.74, 6) is 1.68. The minimum absolute atomic E-state index is 0.0931. The highest BCUT2D eigenvalue weighted by Gasteiger charge is 2.31. The van der Waals surface area contributed by atoms with Gasteiger partial charge in [-0.05, 0) is 50.7 Å². The third-order valence-electron chi connectivity index (χ3n) is 4.95. The van der Waals surface area contributed by atoms with E-state index in [1.54, 1.807) is 12.3 Å². The summed E-state index contributed by atoms with van der Waals surface area (Å²) in [5.41, 5.74) is 1.26. The lowest BCUT2D eigenvalue weighted by Gasteiger charge is -2.24. The maximum Gasteiger partial charge on any atom is 0.276 e. The second-order valence-electron chi connectivity index (χ2n) is 7.39. The van der Waals surface area contributed by atoms with Crippen molar-refractivity contribution in [3.8, 4) is 5.75 Å². The Morgan fingerprint density at radius 3 is 2.89 bits per heavy atom. The number of carbonyl (C=O) groups is 1. The van der Waals surface area contributed by atoms with Gasteiger partial charge in [0.2, 0.25) is 0 Å². The van der Waals surface area contributed by atoms with Crippen molar-refractivity contribution in [2.24, 2.45) is 5.92 Å². The molecule has 7 nitrogen and oxygen atoms in total. The molecule has 1 aliphatic heterocycles. The van der Waals surface area contributed by atoms with Crippen molar-refractivity contribution < 1.29 is 18.8 Å². The van der Waals surface area contributed by atoms with E-state index < -0.39 is 0 Å². The molecule has 1 saturated heterocycles. The molecule has 2 aromatic rings. The molecule has 2 fully saturated rings. The molecule has 1 atom stereocenters. The second kappa shape index (κ2) is 8.08. The molecule has 3 heterocycles. The summed E-state index contributed by atoms with van der Waals surface area (Å²) in [6.45, 7) is 4.31. The van der Waals surface area contributed by atoms with Crippen LogP contribution in [0.15, 0.2) is 28.9 Å². The number of ether oxygens (including phenoxy) is 2. The van der Waals surface area contributed by atoms with Crippen LogP contribution >= 0.6 is 0 Å². The van der Waals surface area contributed by atoms with Gasteiger partial charge in [-0.1, -0.05) is 5.16 Å². The van der Waals surface area contributed by atoms with E-state index in [0.717, 1.165) is 31.7 Å². The van der Waals surface area contributed by atoms with Gasteiger partial charge in [0, 0.05) is 31.5 Å². The minimum atomic E-state index is -0.0931. The van der Waals surface area contributed by atoms with E-state index in [1.807, 2.05) is 24.0 Å². The van der Waals surface area contributed by atoms with E-state index in [0.29, 0.717) is 29.7 Å². The van der Waals surface area contributed by atoms with E-state index in [-0.39, 0.29) is 18.6 Å². The van der Waals surface area contributed by atoms with Crippen molar-refractivity contribution in [2.45, 2.75) is 45.3 Å². The summed E-state index contributed by atoms with van der Waals surface area (Å²) in [5, 5.41) is 3.96. The first-order valence-corrected chi connectivity index (χ1v) is 9.59. The number of carbonyl (C=O) groups excluding carboxylic acids is 1. The van der Waals surface area contributed by atoms with E-state index in [2.05, 4.69) is 10.1 Å². The first-order chi connectivity index (χ1) is 13.2. The van der Waals surface area contributed by atoms with Crippen LogP contribution < -0.4 is 4.74 Å². The van der Waals surface area contributed by atoms with Crippen molar-refractivity contribution in [3.63, 3.8) is 0 Å². The molecule has 0 radical (unpaired) electrons. The second-order valence-corrected chi connectivity index (χ2v) is 7.39. The Morgan fingerprint density at radius 2 is 2.19 bits per heavy atom. The third kappa shape index (κ3) is 4.86. The molecule has 4 rings (SSSR count). The summed E-state index contributed by atoms with van der Waals surface area (Å²) in [7, 11) is 0. The Bertz CT molecular complexity index is 764. The largest absolute Gasteiger partial charge is 0.484 e. The van der Waals surface area contributed by atoms with Crippen LogP contribution in [0.25, 0.3) is 0 Å². The van der Waals surface area contributed by atoms with Gasteiger partial charge in [-0.25, -0.2) is 0 Å². The predicted molar refractivity (Wildman–Crippen MR) is 97.4 cm³/mol. The fourth-order valence-corrected chi connectivity index (χ4v) is 3.22. The highest BCUT2D eigenvalue weighted by molar-refractivity contribution is 5.92. The molecule has 2 aromatic heterocycles. The molecule has 0 N–H and O–H groups in total. The first-order valence-electron chi connectivity index (χ1n) is 9.59. The highest BCUT2D eigenvalue weighted by Crippen LogP contribution is 2.30. The van der Waals surface area contributed by atoms with E-state index in [1.165, 1.54) is 12.8 Å². The average Bonchev–Trinajstić information content (AvgIpc) is 3.14. The predicted octanol–water partition coefficient (Wildman–Crippen LogP) is 2.99. The van der Waals surface area contributed by atoms with Gasteiger partial charge < -0.3 is 18.9 Å². The summed E-state index contributed by atoms with van der Waals surface area (Å²) in [6.07, 6.45) is 6.26. The summed E-state index contributed by atoms with van der Waals surface area (Å²) in [6, 6.07) is 5.40. The van der Waals surface area contributed by atoms with Gasteiger partial charge in [-0.2, -0.15) is 0 Å². The van der Waals surface area contributed by atoms with Crippen molar-refractivity contribution in [3.05, 3.63) is 41.5 Å². The molecule has 0 bridgehead atoms. The van der Waals surface area contributed by atoms with Crippen LogP contribution in [0.1, 0.15) is 47.6 Å². The SMILES string of the molecule is Cc1ccc(OCc2cc(C(=O)N(CC3CC3)C[C@H]3CCCO3)no2)cn1. The van der Waals surface area contributed by atoms with Gasteiger partial charge in [-0.15, -0.1) is 0 Å². The Morgan fingerprint density at radius 1 is 1.30 bits per heavy atom. The number of aryl methyl sites for hydroxylation is 1. The third-order valence-corrected chi connectivity index (χ3v) is 4.95. The molecular formula is C20H25N3O4. The molecule has 27 heavy (non-hydrogen) atoms. The van der Waals surface area contributed by atoms with Gasteiger partial charge in [0.25, 0.3) is 5.91 Å². The standard InChI is InChI=1S/C20H25N3O4/c1-14-4-7-16(10-21-14)26-13-18-9-19(22-27-18)20(24)23(11-15-5-6-15)12-17-3-2-8-25-17/h4,7,9-10,15,17H,2-3,5-6,8,11-13H2,1H3/t17-/m1/s1. The maximum absolute atomic E-state index is 12.9. The fraction of sp³-hybridized carbons (Fsp3) is 0.550. The number of pyridine rings is 1. The molecule has 1 aliphatic carbocycles. The molecule has 1 amide bonds. The normalized spacial score (nSPS) is 19.2. The summed E-state index contributed by atoms with van der Waals surface area (Å²) >= 11 is 0. The zero-order chi connectivity index (χ0) is 18.6. The van der Waals surface area contributed by atoms with Crippen molar-refractivity contribution in [2.75, 3.05) is 19.7 Å². The summed E-state index contributed by atoms with van der Waals surface area (Å²) in [4.78, 5) is 19.0. The van der Waals surface area contributed by atoms with Gasteiger partial charge in [0.05, 0.1) is 12.3 Å². The Kier molecular flexibility index (Phi) is 5.38. The topological polar surface area (TPSA) is 77.7 Å². The summed E-state index contributed by atoms with van der Waals surface area (Å²) < 4.78 is 16.6. The maximum atomic E-state index is 12.9. The van der Waals surface area contributed by atoms with E-state index in [9.17, 15) is 4.79 Å². The lowest BCUT2D eigenvalue weighted by Crippen LogP contribution is -2.39. The van der Waals surface area contributed by atoms with E-state index in [4.69, 9.17) is 14.0 Å². The number of amides is 1. The number of hydrogen-bond acceptors (Lipinski definition) is 6. The monoisotopic (exact) mass is 371 g/mol. The number of hydrogen-bond donors (Lipinski definition) is 0. The molecule has 7 heteroatoms. The number of nitrogens with zero attached hydrogens (tertiary/aromatic N) is 3. The Balaban J connectivity index is 1.37. The zero-order valence-corrected chi connectivity index (χ0v) is 15.6. The fourth-order valence-electron chi connectivity index (χ4n) is 3.22. The molecule has 0 unspecified atom stereocenters. The number of rotatable bonds is 8.